The van der Waals surface area contributed by atoms with E-state index in [1.165, 1.54) is 19.2 Å². The predicted octanol–water partition coefficient (Wildman–Crippen LogP) is 1.88. The summed E-state index contributed by atoms with van der Waals surface area (Å²) in [5.41, 5.74) is 0.425. The molecular weight excluding hydrogens is 252 g/mol. The molecule has 0 spiro atoms. The van der Waals surface area contributed by atoms with Crippen LogP contribution in [0.4, 0.5) is 5.69 Å². The summed E-state index contributed by atoms with van der Waals surface area (Å²) in [6.45, 7) is 1.57. The van der Waals surface area contributed by atoms with E-state index in [1.54, 1.807) is 6.92 Å². The van der Waals surface area contributed by atoms with Crippen LogP contribution in [0.25, 0.3) is 0 Å². The van der Waals surface area contributed by atoms with Gasteiger partial charge in [-0.25, -0.2) is 0 Å². The van der Waals surface area contributed by atoms with E-state index in [9.17, 15) is 8.42 Å². The lowest BCUT2D eigenvalue weighted by molar-refractivity contribution is 0.415. The first-order chi connectivity index (χ1) is 7.44. The topological polar surface area (TPSA) is 67.8 Å². The number of sulfonamides is 1. The van der Waals surface area contributed by atoms with E-state index in [2.05, 4.69) is 9.71 Å². The number of anilines is 1. The third-order valence-electron chi connectivity index (χ3n) is 2.10. The Balaban J connectivity index is 2.70. The summed E-state index contributed by atoms with van der Waals surface area (Å²) in [4.78, 5) is 0.0592. The fraction of sp³-hybridized carbons (Fsp3) is 0.222. The lowest BCUT2D eigenvalue weighted by Gasteiger charge is -2.17. The van der Waals surface area contributed by atoms with Gasteiger partial charge < -0.3 is 10.1 Å². The molecule has 0 saturated heterocycles. The molecule has 86 valence electrons. The Hall–Kier alpha value is -1.27. The molecule has 7 heteroatoms. The van der Waals surface area contributed by atoms with Crippen molar-refractivity contribution in [2.75, 3.05) is 12.4 Å². The van der Waals surface area contributed by atoms with Crippen LogP contribution in [-0.4, -0.2) is 21.4 Å². The van der Waals surface area contributed by atoms with Crippen molar-refractivity contribution in [1.82, 2.24) is 0 Å². The van der Waals surface area contributed by atoms with Gasteiger partial charge in [0.25, 0.3) is 10.0 Å². The number of amidine groups is 1. The van der Waals surface area contributed by atoms with Crippen LogP contribution in [0.15, 0.2) is 21.4 Å². The Labute approximate surface area is 98.1 Å². The molecular formula is C9H9ClN2O3S. The van der Waals surface area contributed by atoms with Gasteiger partial charge in [-0.3, -0.25) is 0 Å². The molecule has 2 rings (SSSR count). The van der Waals surface area contributed by atoms with Gasteiger partial charge in [0.15, 0.2) is 0 Å². The maximum Gasteiger partial charge on any atom is 0.286 e. The first kappa shape index (κ1) is 11.2. The van der Waals surface area contributed by atoms with Crippen LogP contribution in [0.3, 0.4) is 0 Å². The van der Waals surface area contributed by atoms with E-state index >= 15 is 0 Å². The summed E-state index contributed by atoms with van der Waals surface area (Å²) in [5, 5.41) is 3.09. The molecule has 0 aliphatic carbocycles. The van der Waals surface area contributed by atoms with Crippen LogP contribution in [0.1, 0.15) is 6.92 Å². The number of fused-ring (bicyclic) bond motifs is 1. The SMILES string of the molecule is COc1cc2c(cc1Cl)S(=O)(=O)N=C(C)N2. The molecule has 0 aromatic heterocycles. The highest BCUT2D eigenvalue weighted by atomic mass is 35.5. The minimum atomic E-state index is -3.65. The summed E-state index contributed by atoms with van der Waals surface area (Å²) in [5.74, 6) is 0.731. The number of nitrogens with zero attached hydrogens (tertiary/aromatic N) is 1. The molecule has 0 unspecified atom stereocenters. The van der Waals surface area contributed by atoms with Crippen LogP contribution in [0.5, 0.6) is 5.75 Å². The summed E-state index contributed by atoms with van der Waals surface area (Å²) in [6, 6.07) is 2.86. The molecule has 1 N–H and O–H groups in total. The normalized spacial score (nSPS) is 17.1. The summed E-state index contributed by atoms with van der Waals surface area (Å²) in [7, 11) is -2.19. The van der Waals surface area contributed by atoms with E-state index in [-0.39, 0.29) is 9.92 Å². The van der Waals surface area contributed by atoms with Gasteiger partial charge in [-0.05, 0) is 13.0 Å². The smallest absolute Gasteiger partial charge is 0.286 e. The average Bonchev–Trinajstić information content (AvgIpc) is 2.17. The molecule has 0 bridgehead atoms. The van der Waals surface area contributed by atoms with Gasteiger partial charge >= 0.3 is 0 Å². The van der Waals surface area contributed by atoms with Crippen LogP contribution in [0, 0.1) is 0 Å². The lowest BCUT2D eigenvalue weighted by Crippen LogP contribution is -2.18. The number of nitrogens with one attached hydrogen (secondary N) is 1. The first-order valence-electron chi connectivity index (χ1n) is 4.40. The highest BCUT2D eigenvalue weighted by Gasteiger charge is 2.25. The van der Waals surface area contributed by atoms with Crippen LogP contribution >= 0.6 is 11.6 Å². The number of hydrogen-bond acceptors (Lipinski definition) is 4. The van der Waals surface area contributed by atoms with E-state index in [1.807, 2.05) is 0 Å². The monoisotopic (exact) mass is 260 g/mol. The Morgan fingerprint density at radius 2 is 2.12 bits per heavy atom. The third-order valence-corrected chi connectivity index (χ3v) is 3.81. The Morgan fingerprint density at radius 3 is 2.75 bits per heavy atom. The standard InChI is InChI=1S/C9H9ClN2O3S/c1-5-11-7-4-8(15-2)6(10)3-9(7)16(13,14)12-5/h3-4H,1-2H3,(H,11,12). The van der Waals surface area contributed by atoms with Crippen molar-refractivity contribution in [2.24, 2.45) is 4.40 Å². The van der Waals surface area contributed by atoms with Gasteiger partial charge in [-0.15, -0.1) is 4.40 Å². The van der Waals surface area contributed by atoms with Crippen molar-refractivity contribution >= 4 is 33.1 Å². The maximum absolute atomic E-state index is 11.7. The first-order valence-corrected chi connectivity index (χ1v) is 6.22. The van der Waals surface area contributed by atoms with Gasteiger partial charge in [0.05, 0.1) is 17.8 Å². The second-order valence-corrected chi connectivity index (χ2v) is 5.24. The van der Waals surface area contributed by atoms with E-state index < -0.39 is 10.0 Å². The quantitative estimate of drug-likeness (QED) is 0.837. The summed E-state index contributed by atoms with van der Waals surface area (Å²) in [6.07, 6.45) is 0. The van der Waals surface area contributed by atoms with Crippen molar-refractivity contribution in [3.8, 4) is 5.75 Å². The second kappa shape index (κ2) is 3.64. The molecule has 0 atom stereocenters. The molecule has 1 heterocycles. The summed E-state index contributed by atoms with van der Waals surface area (Å²) >= 11 is 5.86. The van der Waals surface area contributed by atoms with E-state index in [0.717, 1.165) is 0 Å². The van der Waals surface area contributed by atoms with Crippen molar-refractivity contribution in [2.45, 2.75) is 11.8 Å². The van der Waals surface area contributed by atoms with Crippen LogP contribution in [-0.2, 0) is 10.0 Å². The molecule has 0 radical (unpaired) electrons. The molecule has 16 heavy (non-hydrogen) atoms. The van der Waals surface area contributed by atoms with Crippen LogP contribution in [0.2, 0.25) is 5.02 Å². The second-order valence-electron chi connectivity index (χ2n) is 3.26. The Kier molecular flexibility index (Phi) is 2.55. The van der Waals surface area contributed by atoms with Gasteiger partial charge in [-0.1, -0.05) is 11.6 Å². The zero-order valence-corrected chi connectivity index (χ0v) is 10.2. The number of hydrogen-bond donors (Lipinski definition) is 1. The minimum Gasteiger partial charge on any atom is -0.495 e. The zero-order chi connectivity index (χ0) is 11.9. The van der Waals surface area contributed by atoms with E-state index in [4.69, 9.17) is 16.3 Å². The number of methoxy groups -OCH3 is 1. The Bertz CT molecular complexity index is 581. The third kappa shape index (κ3) is 1.74. The summed E-state index contributed by atoms with van der Waals surface area (Å²) < 4.78 is 32.0. The molecule has 0 amide bonds. The number of rotatable bonds is 1. The zero-order valence-electron chi connectivity index (χ0n) is 8.61. The fourth-order valence-corrected chi connectivity index (χ4v) is 2.91. The fourth-order valence-electron chi connectivity index (χ4n) is 1.45. The highest BCUT2D eigenvalue weighted by Crippen LogP contribution is 2.36. The average molecular weight is 261 g/mol. The van der Waals surface area contributed by atoms with Gasteiger partial charge in [-0.2, -0.15) is 8.42 Å². The molecule has 1 aromatic carbocycles. The van der Waals surface area contributed by atoms with Gasteiger partial charge in [0, 0.05) is 6.07 Å². The minimum absolute atomic E-state index is 0.0592. The molecule has 0 saturated carbocycles. The number of halogens is 1. The van der Waals surface area contributed by atoms with Gasteiger partial charge in [0.2, 0.25) is 0 Å². The van der Waals surface area contributed by atoms with E-state index in [0.29, 0.717) is 17.3 Å². The Morgan fingerprint density at radius 1 is 1.44 bits per heavy atom. The molecule has 0 fully saturated rings. The lowest BCUT2D eigenvalue weighted by atomic mass is 10.3. The molecule has 1 aliphatic heterocycles. The van der Waals surface area contributed by atoms with Crippen molar-refractivity contribution in [1.29, 1.82) is 0 Å². The number of benzene rings is 1. The molecule has 1 aromatic rings. The molecule has 1 aliphatic rings. The van der Waals surface area contributed by atoms with Gasteiger partial charge in [0.1, 0.15) is 16.5 Å². The van der Waals surface area contributed by atoms with Crippen molar-refractivity contribution < 1.29 is 13.2 Å². The number of ether oxygens (including phenoxy) is 1. The largest absolute Gasteiger partial charge is 0.495 e. The highest BCUT2D eigenvalue weighted by molar-refractivity contribution is 7.90. The maximum atomic E-state index is 11.7. The van der Waals surface area contributed by atoms with Crippen LogP contribution < -0.4 is 10.1 Å². The van der Waals surface area contributed by atoms with Crippen molar-refractivity contribution in [3.63, 3.8) is 0 Å². The molecule has 5 nitrogen and oxygen atoms in total. The van der Waals surface area contributed by atoms with Crippen molar-refractivity contribution in [3.05, 3.63) is 17.2 Å². The predicted molar refractivity (Wildman–Crippen MR) is 61.9 cm³/mol.